The monoisotopic (exact) mass is 631 g/mol. The molecule has 0 N–H and O–H groups in total. The quantitative estimate of drug-likeness (QED) is 0.193. The molecule has 1 aliphatic rings. The Bertz CT molecular complexity index is 2520. The summed E-state index contributed by atoms with van der Waals surface area (Å²) in [5.74, 6) is 0.958. The third-order valence-electron chi connectivity index (χ3n) is 10.5. The van der Waals surface area contributed by atoms with Gasteiger partial charge < -0.3 is 4.57 Å². The van der Waals surface area contributed by atoms with Gasteiger partial charge >= 0.3 is 0 Å². The van der Waals surface area contributed by atoms with Gasteiger partial charge in [0.2, 0.25) is 0 Å². The van der Waals surface area contributed by atoms with E-state index in [0.717, 1.165) is 33.7 Å². The van der Waals surface area contributed by atoms with Crippen LogP contribution in [0.25, 0.3) is 55.6 Å². The highest BCUT2D eigenvalue weighted by atomic mass is 15.1. The molecule has 3 nitrogen and oxygen atoms in total. The minimum atomic E-state index is -0.575. The van der Waals surface area contributed by atoms with Crippen molar-refractivity contribution in [3.63, 3.8) is 0 Å². The summed E-state index contributed by atoms with van der Waals surface area (Å²) >= 11 is 0. The van der Waals surface area contributed by atoms with Gasteiger partial charge in [0.15, 0.2) is 0 Å². The van der Waals surface area contributed by atoms with E-state index >= 15 is 0 Å². The van der Waals surface area contributed by atoms with Gasteiger partial charge in [-0.3, -0.25) is 4.98 Å². The van der Waals surface area contributed by atoms with Gasteiger partial charge in [-0.2, -0.15) is 0 Å². The Balaban J connectivity index is 1.38. The fourth-order valence-corrected chi connectivity index (χ4v) is 8.10. The summed E-state index contributed by atoms with van der Waals surface area (Å²) in [6.07, 6.45) is 1.97. The van der Waals surface area contributed by atoms with E-state index in [1.165, 1.54) is 49.7 Å². The molecule has 0 unspecified atom stereocenters. The second-order valence-corrected chi connectivity index (χ2v) is 14.3. The molecule has 49 heavy (non-hydrogen) atoms. The minimum absolute atomic E-state index is 0.00583. The molecule has 8 aromatic rings. The fourth-order valence-electron chi connectivity index (χ4n) is 8.10. The van der Waals surface area contributed by atoms with Crippen molar-refractivity contribution in [1.29, 1.82) is 0 Å². The normalized spacial score (nSPS) is 13.5. The molecular weight excluding hydrogens is 595 g/mol. The van der Waals surface area contributed by atoms with Gasteiger partial charge in [0, 0.05) is 24.4 Å². The zero-order valence-electron chi connectivity index (χ0n) is 28.3. The lowest BCUT2D eigenvalue weighted by atomic mass is 9.66. The van der Waals surface area contributed by atoms with Crippen molar-refractivity contribution in [3.05, 3.63) is 180 Å². The molecule has 0 aliphatic heterocycles. The molecule has 3 heteroatoms. The minimum Gasteiger partial charge on any atom is -0.327 e. The first kappa shape index (κ1) is 29.3. The number of aromatic nitrogens is 3. The average molecular weight is 632 g/mol. The van der Waals surface area contributed by atoms with E-state index < -0.39 is 5.41 Å². The molecule has 0 amide bonds. The zero-order valence-corrected chi connectivity index (χ0v) is 28.3. The van der Waals surface area contributed by atoms with Crippen LogP contribution in [0.4, 0.5) is 0 Å². The molecule has 6 aromatic carbocycles. The topological polar surface area (TPSA) is 30.7 Å². The van der Waals surface area contributed by atoms with Gasteiger partial charge in [0.1, 0.15) is 5.82 Å². The second kappa shape index (κ2) is 10.9. The standard InChI is InChI=1S/C46H37N3/c1-45(2,3)32-24-25-47-42(29-32)38-28-34(26-30-14-5-6-17-35(30)38)46(39-20-9-7-18-36(39)37-19-8-10-21-40(37)46)33-16-13-15-31(27-33)44-48-41-22-11-12-23-43(41)49(44)4/h5-29H,1-4H3. The Kier molecular flexibility index (Phi) is 6.51. The number of aryl methyl sites for hydroxylation is 1. The van der Waals surface area contributed by atoms with Gasteiger partial charge in [-0.15, -0.1) is 0 Å². The van der Waals surface area contributed by atoms with Crippen molar-refractivity contribution < 1.29 is 0 Å². The lowest BCUT2D eigenvalue weighted by molar-refractivity contribution is 0.589. The van der Waals surface area contributed by atoms with Gasteiger partial charge in [-0.25, -0.2) is 4.98 Å². The maximum absolute atomic E-state index is 5.11. The molecule has 1 aliphatic carbocycles. The fraction of sp³-hybridized carbons (Fsp3) is 0.130. The van der Waals surface area contributed by atoms with Crippen LogP contribution in [0.3, 0.4) is 0 Å². The van der Waals surface area contributed by atoms with E-state index in [1.807, 2.05) is 6.20 Å². The van der Waals surface area contributed by atoms with Crippen LogP contribution in [-0.2, 0) is 17.9 Å². The van der Waals surface area contributed by atoms with Crippen LogP contribution in [0, 0.1) is 0 Å². The lowest BCUT2D eigenvalue weighted by Gasteiger charge is -2.35. The molecule has 2 aromatic heterocycles. The predicted octanol–water partition coefficient (Wildman–Crippen LogP) is 11.1. The van der Waals surface area contributed by atoms with Crippen LogP contribution < -0.4 is 0 Å². The number of fused-ring (bicyclic) bond motifs is 5. The van der Waals surface area contributed by atoms with Crippen LogP contribution in [0.1, 0.15) is 48.6 Å². The molecule has 0 atom stereocenters. The summed E-state index contributed by atoms with van der Waals surface area (Å²) in [7, 11) is 2.11. The van der Waals surface area contributed by atoms with Crippen molar-refractivity contribution in [2.75, 3.05) is 0 Å². The van der Waals surface area contributed by atoms with Crippen molar-refractivity contribution in [3.8, 4) is 33.8 Å². The number of hydrogen-bond acceptors (Lipinski definition) is 2. The Morgan fingerprint density at radius 2 is 1.29 bits per heavy atom. The molecule has 9 rings (SSSR count). The number of rotatable bonds is 4. The molecule has 0 saturated heterocycles. The van der Waals surface area contributed by atoms with E-state index in [9.17, 15) is 0 Å². The highest BCUT2D eigenvalue weighted by Crippen LogP contribution is 2.57. The largest absolute Gasteiger partial charge is 0.327 e. The summed E-state index contributed by atoms with van der Waals surface area (Å²) in [5, 5.41) is 2.40. The molecule has 0 spiro atoms. The number of hydrogen-bond donors (Lipinski definition) is 0. The third-order valence-corrected chi connectivity index (χ3v) is 10.5. The summed E-state index contributed by atoms with van der Waals surface area (Å²) < 4.78 is 2.21. The molecular formula is C46H37N3. The maximum atomic E-state index is 5.11. The highest BCUT2D eigenvalue weighted by molar-refractivity contribution is 5.98. The van der Waals surface area contributed by atoms with Crippen molar-refractivity contribution in [1.82, 2.24) is 14.5 Å². The first-order chi connectivity index (χ1) is 23.8. The summed E-state index contributed by atoms with van der Waals surface area (Å²) in [5.41, 5.74) is 13.6. The van der Waals surface area contributed by atoms with Crippen molar-refractivity contribution >= 4 is 21.8 Å². The average Bonchev–Trinajstić information content (AvgIpc) is 3.64. The van der Waals surface area contributed by atoms with Crippen LogP contribution in [0.2, 0.25) is 0 Å². The van der Waals surface area contributed by atoms with Crippen LogP contribution >= 0.6 is 0 Å². The second-order valence-electron chi connectivity index (χ2n) is 14.3. The van der Waals surface area contributed by atoms with Crippen molar-refractivity contribution in [2.24, 2.45) is 7.05 Å². The smallest absolute Gasteiger partial charge is 0.140 e. The molecule has 0 fully saturated rings. The Morgan fingerprint density at radius 3 is 2.04 bits per heavy atom. The number of benzene rings is 6. The van der Waals surface area contributed by atoms with E-state index in [4.69, 9.17) is 9.97 Å². The zero-order chi connectivity index (χ0) is 33.3. The summed E-state index contributed by atoms with van der Waals surface area (Å²) in [6.45, 7) is 6.79. The molecule has 236 valence electrons. The Labute approximate surface area is 287 Å². The van der Waals surface area contributed by atoms with Crippen LogP contribution in [0.5, 0.6) is 0 Å². The Morgan fingerprint density at radius 1 is 0.592 bits per heavy atom. The van der Waals surface area contributed by atoms with E-state index in [-0.39, 0.29) is 5.41 Å². The van der Waals surface area contributed by atoms with Gasteiger partial charge in [-0.05, 0) is 97.6 Å². The maximum Gasteiger partial charge on any atom is 0.140 e. The van der Waals surface area contributed by atoms with Crippen LogP contribution in [-0.4, -0.2) is 14.5 Å². The molecule has 0 saturated carbocycles. The van der Waals surface area contributed by atoms with Crippen LogP contribution in [0.15, 0.2) is 152 Å². The highest BCUT2D eigenvalue weighted by Gasteiger charge is 2.46. The first-order valence-electron chi connectivity index (χ1n) is 17.1. The van der Waals surface area contributed by atoms with Crippen molar-refractivity contribution in [2.45, 2.75) is 31.6 Å². The third kappa shape index (κ3) is 4.42. The van der Waals surface area contributed by atoms with Gasteiger partial charge in [0.25, 0.3) is 0 Å². The van der Waals surface area contributed by atoms with E-state index in [1.54, 1.807) is 0 Å². The Hall–Kier alpha value is -5.80. The SMILES string of the molecule is Cn1c(-c2cccc(C3(c4cc(-c5cc(C(C)(C)C)ccn5)c5ccccc5c4)c4ccccc4-c4ccccc43)c2)nc2ccccc21. The van der Waals surface area contributed by atoms with Gasteiger partial charge in [-0.1, -0.05) is 124 Å². The molecule has 2 heterocycles. The first-order valence-corrected chi connectivity index (χ1v) is 17.1. The molecule has 0 bridgehead atoms. The molecule has 0 radical (unpaired) electrons. The predicted molar refractivity (Wildman–Crippen MR) is 203 cm³/mol. The number of nitrogens with zero attached hydrogens (tertiary/aromatic N) is 3. The summed E-state index contributed by atoms with van der Waals surface area (Å²) in [4.78, 5) is 10.1. The van der Waals surface area contributed by atoms with E-state index in [0.29, 0.717) is 0 Å². The number of para-hydroxylation sites is 2. The lowest BCUT2D eigenvalue weighted by Crippen LogP contribution is -2.28. The van der Waals surface area contributed by atoms with E-state index in [2.05, 4.69) is 178 Å². The number of imidazole rings is 1. The number of pyridine rings is 1. The van der Waals surface area contributed by atoms with Gasteiger partial charge in [0.05, 0.1) is 22.1 Å². The summed E-state index contributed by atoms with van der Waals surface area (Å²) in [6, 6.07) is 53.3.